The van der Waals surface area contributed by atoms with Crippen molar-refractivity contribution in [2.45, 2.75) is 32.8 Å². The Morgan fingerprint density at radius 2 is 1.78 bits per heavy atom. The zero-order chi connectivity index (χ0) is 17.5. The number of rotatable bonds is 4. The van der Waals surface area contributed by atoms with Crippen LogP contribution in [-0.2, 0) is 9.53 Å². The minimum Gasteiger partial charge on any atom is -0.444 e. The van der Waals surface area contributed by atoms with E-state index >= 15 is 0 Å². The molecule has 0 fully saturated rings. The van der Waals surface area contributed by atoms with Crippen LogP contribution in [0.3, 0.4) is 0 Å². The monoisotopic (exact) mass is 385 g/mol. The first kappa shape index (κ1) is 19.0. The second-order valence-corrected chi connectivity index (χ2v) is 6.52. The van der Waals surface area contributed by atoms with Gasteiger partial charge < -0.3 is 10.1 Å². The van der Waals surface area contributed by atoms with Crippen LogP contribution < -0.4 is 16.2 Å². The zero-order valence-electron chi connectivity index (χ0n) is 13.2. The molecule has 0 radical (unpaired) electrons. The summed E-state index contributed by atoms with van der Waals surface area (Å²) in [5.41, 5.74) is 4.39. The molecule has 0 atom stereocenters. The maximum Gasteiger partial charge on any atom is 0.407 e. The molecule has 1 aromatic carbocycles. The van der Waals surface area contributed by atoms with Crippen LogP contribution in [0.5, 0.6) is 0 Å². The number of ether oxygens (including phenoxy) is 1. The summed E-state index contributed by atoms with van der Waals surface area (Å²) < 4.78 is 5.66. The van der Waals surface area contributed by atoms with E-state index < -0.39 is 23.5 Å². The summed E-state index contributed by atoms with van der Waals surface area (Å²) in [4.78, 5) is 34.9. The molecule has 0 heterocycles. The van der Waals surface area contributed by atoms with Crippen LogP contribution in [0.2, 0.25) is 0 Å². The Kier molecular flexibility index (Phi) is 7.02. The molecule has 1 rings (SSSR count). The fourth-order valence-corrected chi connectivity index (χ4v) is 1.96. The highest BCUT2D eigenvalue weighted by atomic mass is 79.9. The van der Waals surface area contributed by atoms with E-state index in [4.69, 9.17) is 4.74 Å². The van der Waals surface area contributed by atoms with Crippen molar-refractivity contribution in [2.75, 3.05) is 6.54 Å². The first-order valence-electron chi connectivity index (χ1n) is 6.99. The number of alkyl carbamates (subject to hydrolysis) is 1. The lowest BCUT2D eigenvalue weighted by atomic mass is 10.2. The van der Waals surface area contributed by atoms with Crippen molar-refractivity contribution >= 4 is 33.8 Å². The lowest BCUT2D eigenvalue weighted by Gasteiger charge is -2.19. The van der Waals surface area contributed by atoms with Crippen LogP contribution in [0.15, 0.2) is 28.7 Å². The molecular weight excluding hydrogens is 366 g/mol. The van der Waals surface area contributed by atoms with Gasteiger partial charge in [0.2, 0.25) is 5.91 Å². The lowest BCUT2D eigenvalue weighted by molar-refractivity contribution is -0.121. The molecule has 3 N–H and O–H groups in total. The van der Waals surface area contributed by atoms with E-state index in [9.17, 15) is 14.4 Å². The number of halogens is 1. The third-order valence-corrected chi connectivity index (χ3v) is 3.15. The third kappa shape index (κ3) is 7.64. The maximum absolute atomic E-state index is 11.9. The Morgan fingerprint density at radius 3 is 2.39 bits per heavy atom. The molecule has 23 heavy (non-hydrogen) atoms. The summed E-state index contributed by atoms with van der Waals surface area (Å²) in [5.74, 6) is -0.868. The number of benzene rings is 1. The second kappa shape index (κ2) is 8.52. The maximum atomic E-state index is 11.9. The summed E-state index contributed by atoms with van der Waals surface area (Å²) in [6.07, 6.45) is -0.585. The molecule has 1 aromatic rings. The molecule has 3 amide bonds. The largest absolute Gasteiger partial charge is 0.444 e. The van der Waals surface area contributed by atoms with Crippen LogP contribution in [0.25, 0.3) is 0 Å². The van der Waals surface area contributed by atoms with Gasteiger partial charge in [0.15, 0.2) is 0 Å². The molecule has 8 heteroatoms. The molecule has 126 valence electrons. The van der Waals surface area contributed by atoms with E-state index in [0.29, 0.717) is 10.0 Å². The average Bonchev–Trinajstić information content (AvgIpc) is 2.43. The van der Waals surface area contributed by atoms with Gasteiger partial charge in [-0.3, -0.25) is 20.4 Å². The van der Waals surface area contributed by atoms with Crippen LogP contribution in [0.1, 0.15) is 37.6 Å². The molecule has 0 aliphatic rings. The van der Waals surface area contributed by atoms with Gasteiger partial charge in [0.25, 0.3) is 5.91 Å². The minimum absolute atomic E-state index is 0.00941. The summed E-state index contributed by atoms with van der Waals surface area (Å²) >= 11 is 3.25. The van der Waals surface area contributed by atoms with Gasteiger partial charge in [0, 0.05) is 17.4 Å². The number of hydrogen-bond acceptors (Lipinski definition) is 4. The highest BCUT2D eigenvalue weighted by molar-refractivity contribution is 9.10. The van der Waals surface area contributed by atoms with E-state index in [1.807, 2.05) is 0 Å². The van der Waals surface area contributed by atoms with E-state index in [2.05, 4.69) is 32.1 Å². The number of carbonyl (C=O) groups excluding carboxylic acids is 3. The molecule has 0 aliphatic heterocycles. The van der Waals surface area contributed by atoms with Gasteiger partial charge >= 0.3 is 6.09 Å². The first-order chi connectivity index (χ1) is 10.7. The highest BCUT2D eigenvalue weighted by Crippen LogP contribution is 2.15. The fraction of sp³-hybridized carbons (Fsp3) is 0.400. The molecule has 0 aliphatic carbocycles. The predicted molar refractivity (Wildman–Crippen MR) is 88.6 cm³/mol. The third-order valence-electron chi connectivity index (χ3n) is 2.45. The average molecular weight is 386 g/mol. The lowest BCUT2D eigenvalue weighted by Crippen LogP contribution is -2.43. The summed E-state index contributed by atoms with van der Waals surface area (Å²) in [6, 6.07) is 6.84. The minimum atomic E-state index is -0.595. The van der Waals surface area contributed by atoms with Crippen LogP contribution >= 0.6 is 15.9 Å². The van der Waals surface area contributed by atoms with Gasteiger partial charge in [-0.15, -0.1) is 0 Å². The Morgan fingerprint density at radius 1 is 1.13 bits per heavy atom. The fourth-order valence-electron chi connectivity index (χ4n) is 1.49. The molecule has 0 saturated carbocycles. The Bertz CT molecular complexity index is 584. The Balaban J connectivity index is 2.29. The van der Waals surface area contributed by atoms with Gasteiger partial charge in [0.1, 0.15) is 5.60 Å². The standard InChI is InChI=1S/C15H20BrN3O4/c1-15(2,3)23-14(22)17-9-8-12(20)18-19-13(21)10-6-4-5-7-11(10)16/h4-7H,8-9H2,1-3H3,(H,17,22)(H,18,20)(H,19,21). The van der Waals surface area contributed by atoms with Gasteiger partial charge in [-0.05, 0) is 48.8 Å². The van der Waals surface area contributed by atoms with Crippen LogP contribution in [0, 0.1) is 0 Å². The highest BCUT2D eigenvalue weighted by Gasteiger charge is 2.16. The van der Waals surface area contributed by atoms with Crippen molar-refractivity contribution in [3.05, 3.63) is 34.3 Å². The number of amides is 3. The Labute approximate surface area is 143 Å². The number of hydrogen-bond donors (Lipinski definition) is 3. The molecule has 0 spiro atoms. The zero-order valence-corrected chi connectivity index (χ0v) is 14.8. The summed E-state index contributed by atoms with van der Waals surface area (Å²) in [7, 11) is 0. The topological polar surface area (TPSA) is 96.5 Å². The number of nitrogens with one attached hydrogen (secondary N) is 3. The van der Waals surface area contributed by atoms with Crippen molar-refractivity contribution < 1.29 is 19.1 Å². The van der Waals surface area contributed by atoms with Gasteiger partial charge in [-0.2, -0.15) is 0 Å². The van der Waals surface area contributed by atoms with Gasteiger partial charge in [0.05, 0.1) is 5.56 Å². The molecule has 0 bridgehead atoms. The molecular formula is C15H20BrN3O4. The van der Waals surface area contributed by atoms with Crippen molar-refractivity contribution in [1.82, 2.24) is 16.2 Å². The molecule has 0 saturated heterocycles. The second-order valence-electron chi connectivity index (χ2n) is 5.66. The normalized spacial score (nSPS) is 10.6. The predicted octanol–water partition coefficient (Wildman–Crippen LogP) is 2.12. The van der Waals surface area contributed by atoms with Gasteiger partial charge in [-0.25, -0.2) is 4.79 Å². The van der Waals surface area contributed by atoms with E-state index in [-0.39, 0.29) is 13.0 Å². The summed E-state index contributed by atoms with van der Waals surface area (Å²) in [6.45, 7) is 5.34. The van der Waals surface area contributed by atoms with Crippen molar-refractivity contribution in [3.8, 4) is 0 Å². The first-order valence-corrected chi connectivity index (χ1v) is 7.79. The quantitative estimate of drug-likeness (QED) is 0.691. The van der Waals surface area contributed by atoms with Crippen LogP contribution in [-0.4, -0.2) is 30.1 Å². The van der Waals surface area contributed by atoms with Crippen LogP contribution in [0.4, 0.5) is 4.79 Å². The van der Waals surface area contributed by atoms with E-state index in [0.717, 1.165) is 0 Å². The van der Waals surface area contributed by atoms with Crippen molar-refractivity contribution in [3.63, 3.8) is 0 Å². The van der Waals surface area contributed by atoms with Crippen molar-refractivity contribution in [1.29, 1.82) is 0 Å². The molecule has 0 aromatic heterocycles. The van der Waals surface area contributed by atoms with E-state index in [1.54, 1.807) is 45.0 Å². The Hall–Kier alpha value is -2.09. The molecule has 7 nitrogen and oxygen atoms in total. The number of hydrazine groups is 1. The smallest absolute Gasteiger partial charge is 0.407 e. The number of carbonyl (C=O) groups is 3. The van der Waals surface area contributed by atoms with Gasteiger partial charge in [-0.1, -0.05) is 12.1 Å². The van der Waals surface area contributed by atoms with E-state index in [1.165, 1.54) is 0 Å². The summed E-state index contributed by atoms with van der Waals surface area (Å²) in [5, 5.41) is 2.46. The van der Waals surface area contributed by atoms with Crippen molar-refractivity contribution in [2.24, 2.45) is 0 Å². The SMILES string of the molecule is CC(C)(C)OC(=O)NCCC(=O)NNC(=O)c1ccccc1Br. The molecule has 0 unspecified atom stereocenters.